The molecule has 3 aromatic carbocycles. The first kappa shape index (κ1) is 32.1. The topological polar surface area (TPSA) is 98.2 Å². The summed E-state index contributed by atoms with van der Waals surface area (Å²) in [5.41, 5.74) is 9.21. The van der Waals surface area contributed by atoms with Crippen molar-refractivity contribution < 1.29 is 19.1 Å². The summed E-state index contributed by atoms with van der Waals surface area (Å²) in [6.07, 6.45) is 1.23. The van der Waals surface area contributed by atoms with Gasteiger partial charge in [-0.2, -0.15) is 5.10 Å². The number of halogens is 2. The minimum Gasteiger partial charge on any atom is -0.494 e. The number of rotatable bonds is 9. The third-order valence-corrected chi connectivity index (χ3v) is 9.07. The normalized spacial score (nSPS) is 11.2. The van der Waals surface area contributed by atoms with E-state index in [0.29, 0.717) is 47.0 Å². The smallest absolute Gasteiger partial charge is 0.338 e. The van der Waals surface area contributed by atoms with Gasteiger partial charge in [-0.15, -0.1) is 0 Å². The number of carbonyl (C=O) groups excluding carboxylic acids is 2. The number of aryl methyl sites for hydroxylation is 6. The minimum atomic E-state index is -0.431. The van der Waals surface area contributed by atoms with E-state index in [9.17, 15) is 9.59 Å². The maximum absolute atomic E-state index is 13.9. The molecule has 0 radical (unpaired) electrons. The highest BCUT2D eigenvalue weighted by Crippen LogP contribution is 2.40. The molecule has 0 aliphatic carbocycles. The number of H-pyrrole nitrogens is 1. The van der Waals surface area contributed by atoms with E-state index < -0.39 is 5.97 Å². The zero-order chi connectivity index (χ0) is 32.6. The number of nitrogens with zero attached hydrogens (tertiary/aromatic N) is 2. The molecule has 0 saturated carbocycles. The summed E-state index contributed by atoms with van der Waals surface area (Å²) in [5.74, 6) is 0.0199. The highest BCUT2D eigenvalue weighted by molar-refractivity contribution is 6.35. The summed E-state index contributed by atoms with van der Waals surface area (Å²) in [6.45, 7) is 10.1. The average Bonchev–Trinajstić information content (AvgIpc) is 3.49. The fourth-order valence-corrected chi connectivity index (χ4v) is 6.19. The third kappa shape index (κ3) is 6.30. The maximum Gasteiger partial charge on any atom is 0.338 e. The van der Waals surface area contributed by atoms with Crippen molar-refractivity contribution in [2.24, 2.45) is 7.05 Å². The predicted octanol–water partition coefficient (Wildman–Crippen LogP) is 8.47. The zero-order valence-electron chi connectivity index (χ0n) is 26.4. The van der Waals surface area contributed by atoms with E-state index in [-0.39, 0.29) is 5.91 Å². The molecule has 2 heterocycles. The quantitative estimate of drug-likeness (QED) is 0.124. The van der Waals surface area contributed by atoms with Crippen LogP contribution in [-0.2, 0) is 18.2 Å². The van der Waals surface area contributed by atoms with E-state index in [1.165, 1.54) is 7.11 Å². The van der Waals surface area contributed by atoms with E-state index >= 15 is 0 Å². The van der Waals surface area contributed by atoms with Gasteiger partial charge < -0.3 is 19.8 Å². The number of nitrogens with one attached hydrogen (secondary N) is 2. The first-order chi connectivity index (χ1) is 21.4. The fourth-order valence-electron chi connectivity index (χ4n) is 5.83. The lowest BCUT2D eigenvalue weighted by atomic mass is 9.98. The van der Waals surface area contributed by atoms with Crippen molar-refractivity contribution in [2.75, 3.05) is 19.0 Å². The highest BCUT2D eigenvalue weighted by Gasteiger charge is 2.24. The monoisotopic (exact) mass is 646 g/mol. The molecule has 0 aliphatic heterocycles. The molecule has 45 heavy (non-hydrogen) atoms. The summed E-state index contributed by atoms with van der Waals surface area (Å²) >= 11 is 13.2. The Hall–Kier alpha value is -4.27. The summed E-state index contributed by atoms with van der Waals surface area (Å²) in [7, 11) is 3.24. The van der Waals surface area contributed by atoms with Gasteiger partial charge in [0.15, 0.2) is 0 Å². The van der Waals surface area contributed by atoms with Crippen LogP contribution in [0.25, 0.3) is 22.0 Å². The lowest BCUT2D eigenvalue weighted by molar-refractivity contribution is 0.0600. The second-order valence-corrected chi connectivity index (χ2v) is 12.1. The van der Waals surface area contributed by atoms with Gasteiger partial charge in [0.2, 0.25) is 0 Å². The first-order valence-corrected chi connectivity index (χ1v) is 15.4. The maximum atomic E-state index is 13.9. The van der Waals surface area contributed by atoms with Crippen LogP contribution in [0, 0.1) is 34.6 Å². The van der Waals surface area contributed by atoms with Gasteiger partial charge in [0.1, 0.15) is 11.4 Å². The van der Waals surface area contributed by atoms with Crippen LogP contribution >= 0.6 is 23.2 Å². The van der Waals surface area contributed by atoms with Crippen molar-refractivity contribution in [3.05, 3.63) is 97.4 Å². The second-order valence-electron chi connectivity index (χ2n) is 11.3. The summed E-state index contributed by atoms with van der Waals surface area (Å²) in [4.78, 5) is 29.4. The second kappa shape index (κ2) is 13.0. The Balaban J connectivity index is 1.52. The van der Waals surface area contributed by atoms with Crippen LogP contribution in [0.2, 0.25) is 10.0 Å². The van der Waals surface area contributed by atoms with Crippen LogP contribution in [-0.4, -0.2) is 40.4 Å². The Morgan fingerprint density at radius 2 is 1.67 bits per heavy atom. The Bertz CT molecular complexity index is 1930. The number of ether oxygens (including phenoxy) is 2. The van der Waals surface area contributed by atoms with Gasteiger partial charge in [0.25, 0.3) is 5.91 Å². The van der Waals surface area contributed by atoms with E-state index in [4.69, 9.17) is 32.7 Å². The molecule has 0 bridgehead atoms. The first-order valence-electron chi connectivity index (χ1n) is 14.6. The largest absolute Gasteiger partial charge is 0.494 e. The van der Waals surface area contributed by atoms with Crippen LogP contribution in [0.4, 0.5) is 5.69 Å². The summed E-state index contributed by atoms with van der Waals surface area (Å²) in [6, 6.07) is 12.8. The number of esters is 1. The SMILES string of the molecule is COC(=O)c1ccc(NC(=O)c2[nH]c3c(-c4c(C)nn(C)c4C)c(Cl)ccc3c2CCCOc2cc(C)c(Cl)c(C)c2)cc1C. The molecular formula is C35H36Cl2N4O4. The molecule has 2 N–H and O–H groups in total. The molecule has 8 nitrogen and oxygen atoms in total. The van der Waals surface area contributed by atoms with Gasteiger partial charge >= 0.3 is 5.97 Å². The molecule has 5 aromatic rings. The zero-order valence-corrected chi connectivity index (χ0v) is 28.0. The number of methoxy groups -OCH3 is 1. The number of hydrogen-bond acceptors (Lipinski definition) is 5. The number of aromatic nitrogens is 3. The van der Waals surface area contributed by atoms with Crippen LogP contribution < -0.4 is 10.1 Å². The minimum absolute atomic E-state index is 0.307. The Labute approximate surface area is 272 Å². The Morgan fingerprint density at radius 3 is 2.29 bits per heavy atom. The van der Waals surface area contributed by atoms with Crippen LogP contribution in [0.15, 0.2) is 42.5 Å². The van der Waals surface area contributed by atoms with Crippen molar-refractivity contribution in [1.29, 1.82) is 0 Å². The Morgan fingerprint density at radius 1 is 0.956 bits per heavy atom. The molecule has 0 spiro atoms. The molecule has 5 rings (SSSR count). The number of anilines is 1. The molecule has 0 saturated heterocycles. The predicted molar refractivity (Wildman–Crippen MR) is 180 cm³/mol. The van der Waals surface area contributed by atoms with Crippen LogP contribution in [0.1, 0.15) is 60.9 Å². The highest BCUT2D eigenvalue weighted by atomic mass is 35.5. The molecule has 0 unspecified atom stereocenters. The molecule has 2 aromatic heterocycles. The van der Waals surface area contributed by atoms with Gasteiger partial charge in [0, 0.05) is 40.0 Å². The number of carbonyl (C=O) groups is 2. The van der Waals surface area contributed by atoms with Crippen molar-refractivity contribution in [1.82, 2.24) is 14.8 Å². The molecular weight excluding hydrogens is 611 g/mol. The van der Waals surface area contributed by atoms with Gasteiger partial charge in [-0.1, -0.05) is 29.3 Å². The average molecular weight is 648 g/mol. The fraction of sp³-hybridized carbons (Fsp3) is 0.286. The number of fused-ring (bicyclic) bond motifs is 1. The molecule has 234 valence electrons. The van der Waals surface area contributed by atoms with E-state index in [2.05, 4.69) is 15.4 Å². The summed E-state index contributed by atoms with van der Waals surface area (Å²) < 4.78 is 12.8. The standard InChI is InChI=1S/C35H36Cl2N4O4/c1-18-15-23(10-11-25(18)35(43)44-7)38-34(42)33-26(9-8-14-45-24-16-19(2)31(37)20(3)17-24)27-12-13-28(36)30(32(27)39-33)29-21(4)40-41(6)22(29)5/h10-13,15-17,39H,8-9,14H2,1-7H3,(H,38,42). The van der Waals surface area contributed by atoms with E-state index in [1.54, 1.807) is 25.1 Å². The number of hydrogen-bond donors (Lipinski definition) is 2. The number of aromatic amines is 1. The van der Waals surface area contributed by atoms with Gasteiger partial charge in [-0.05, 0) is 106 Å². The number of amides is 1. The molecule has 1 amide bonds. The van der Waals surface area contributed by atoms with Crippen molar-refractivity contribution >= 4 is 51.7 Å². The number of benzene rings is 3. The Kier molecular flexibility index (Phi) is 9.28. The van der Waals surface area contributed by atoms with Gasteiger partial charge in [0.05, 0.1) is 35.5 Å². The van der Waals surface area contributed by atoms with Crippen LogP contribution in [0.5, 0.6) is 5.75 Å². The van der Waals surface area contributed by atoms with Crippen molar-refractivity contribution in [3.8, 4) is 16.9 Å². The van der Waals surface area contributed by atoms with Crippen molar-refractivity contribution in [3.63, 3.8) is 0 Å². The summed E-state index contributed by atoms with van der Waals surface area (Å²) in [5, 5.41) is 9.81. The van der Waals surface area contributed by atoms with Crippen molar-refractivity contribution in [2.45, 2.75) is 47.5 Å². The molecule has 0 atom stereocenters. The third-order valence-electron chi connectivity index (χ3n) is 8.16. The lowest BCUT2D eigenvalue weighted by Crippen LogP contribution is -2.15. The molecule has 10 heteroatoms. The molecule has 0 fully saturated rings. The van der Waals surface area contributed by atoms with E-state index in [0.717, 1.165) is 60.9 Å². The van der Waals surface area contributed by atoms with Crippen LogP contribution in [0.3, 0.4) is 0 Å². The van der Waals surface area contributed by atoms with Gasteiger partial charge in [-0.25, -0.2) is 4.79 Å². The van der Waals surface area contributed by atoms with E-state index in [1.807, 2.05) is 63.7 Å². The molecule has 0 aliphatic rings. The lowest BCUT2D eigenvalue weighted by Gasteiger charge is -2.11. The van der Waals surface area contributed by atoms with Gasteiger partial charge in [-0.3, -0.25) is 9.48 Å².